The highest BCUT2D eigenvalue weighted by molar-refractivity contribution is 5.89. The number of aliphatic hydroxyl groups is 1. The van der Waals surface area contributed by atoms with Crippen LogP contribution in [0.25, 0.3) is 0 Å². The van der Waals surface area contributed by atoms with Gasteiger partial charge in [0.15, 0.2) is 5.60 Å². The van der Waals surface area contributed by atoms with Gasteiger partial charge in [-0.05, 0) is 6.42 Å². The third-order valence-electron chi connectivity index (χ3n) is 1.99. The molecule has 0 amide bonds. The van der Waals surface area contributed by atoms with Crippen LogP contribution in [-0.4, -0.2) is 59.5 Å². The summed E-state index contributed by atoms with van der Waals surface area (Å²) in [5.41, 5.74) is -2.44. The number of hydrogen-bond donors (Lipinski definition) is 2. The lowest BCUT2D eigenvalue weighted by atomic mass is 9.96. The molecule has 8 heteroatoms. The number of carboxylic acids is 1. The minimum atomic E-state index is -2.44. The minimum Gasteiger partial charge on any atom is -0.481 e. The summed E-state index contributed by atoms with van der Waals surface area (Å²) in [7, 11) is 2.77. The molecule has 0 radical (unpaired) electrons. The summed E-state index contributed by atoms with van der Waals surface area (Å²) in [5, 5.41) is 19.7. The molecule has 8 nitrogen and oxygen atoms in total. The van der Waals surface area contributed by atoms with Crippen LogP contribution >= 0.6 is 0 Å². The molecule has 0 aromatic carbocycles. The van der Waals surface area contributed by atoms with Crippen molar-refractivity contribution in [2.75, 3.05) is 20.7 Å². The molecule has 0 fully saturated rings. The van der Waals surface area contributed by atoms with E-state index in [1.165, 1.54) is 14.1 Å². The van der Waals surface area contributed by atoms with Crippen molar-refractivity contribution in [2.24, 2.45) is 0 Å². The second kappa shape index (κ2) is 7.70. The molecule has 1 atom stereocenters. The summed E-state index contributed by atoms with van der Waals surface area (Å²) in [4.78, 5) is 38.3. The molecule has 0 bridgehead atoms. The van der Waals surface area contributed by atoms with E-state index in [4.69, 9.17) is 9.84 Å². The quantitative estimate of drug-likeness (QED) is 0.453. The van der Waals surface area contributed by atoms with Gasteiger partial charge in [-0.25, -0.2) is 4.79 Å². The Balaban J connectivity index is 4.81. The number of aliphatic carboxylic acids is 1. The average Bonchev–Trinajstić information content (AvgIpc) is 2.24. The fraction of sp³-hybridized carbons (Fsp3) is 0.727. The van der Waals surface area contributed by atoms with Crippen molar-refractivity contribution < 1.29 is 34.2 Å². The average molecular weight is 277 g/mol. The molecule has 0 saturated heterocycles. The molecule has 0 aliphatic carbocycles. The molecular formula is C11H19NO7. The lowest BCUT2D eigenvalue weighted by Gasteiger charge is -2.24. The number of esters is 1. The third-order valence-corrected chi connectivity index (χ3v) is 1.99. The van der Waals surface area contributed by atoms with Crippen molar-refractivity contribution in [3.63, 3.8) is 0 Å². The van der Waals surface area contributed by atoms with Gasteiger partial charge in [0.05, 0.1) is 19.4 Å². The maximum atomic E-state index is 11.6. The van der Waals surface area contributed by atoms with Gasteiger partial charge in [0, 0.05) is 14.1 Å². The van der Waals surface area contributed by atoms with Crippen molar-refractivity contribution in [3.8, 4) is 0 Å². The molecule has 0 aliphatic rings. The van der Waals surface area contributed by atoms with E-state index in [0.29, 0.717) is 6.42 Å². The highest BCUT2D eigenvalue weighted by Crippen LogP contribution is 2.19. The SMILES string of the molecule is CCCOC(=O)CC(O)(CC(=O)O)C(=O)ON(C)C. The van der Waals surface area contributed by atoms with E-state index in [-0.39, 0.29) is 6.61 Å². The third kappa shape index (κ3) is 6.73. The molecule has 19 heavy (non-hydrogen) atoms. The molecule has 0 aromatic heterocycles. The van der Waals surface area contributed by atoms with Crippen molar-refractivity contribution in [1.29, 1.82) is 0 Å². The normalized spacial score (nSPS) is 13.7. The molecule has 0 spiro atoms. The molecular weight excluding hydrogens is 258 g/mol. The lowest BCUT2D eigenvalue weighted by Crippen LogP contribution is -2.46. The van der Waals surface area contributed by atoms with Crippen molar-refractivity contribution in [1.82, 2.24) is 5.06 Å². The van der Waals surface area contributed by atoms with Crippen LogP contribution < -0.4 is 0 Å². The van der Waals surface area contributed by atoms with Gasteiger partial charge in [-0.3, -0.25) is 9.59 Å². The lowest BCUT2D eigenvalue weighted by molar-refractivity contribution is -0.205. The summed E-state index contributed by atoms with van der Waals surface area (Å²) >= 11 is 0. The predicted molar refractivity (Wildman–Crippen MR) is 62.8 cm³/mol. The Morgan fingerprint density at radius 1 is 1.21 bits per heavy atom. The van der Waals surface area contributed by atoms with E-state index >= 15 is 0 Å². The maximum absolute atomic E-state index is 11.6. The topological polar surface area (TPSA) is 113 Å². The molecule has 110 valence electrons. The Morgan fingerprint density at radius 3 is 2.21 bits per heavy atom. The summed E-state index contributed by atoms with van der Waals surface area (Å²) in [6.07, 6.45) is -1.14. The molecule has 0 aliphatic heterocycles. The molecule has 1 unspecified atom stereocenters. The van der Waals surface area contributed by atoms with Gasteiger partial charge in [0.2, 0.25) is 0 Å². The van der Waals surface area contributed by atoms with Gasteiger partial charge >= 0.3 is 17.9 Å². The maximum Gasteiger partial charge on any atom is 0.358 e. The second-order valence-corrected chi connectivity index (χ2v) is 4.19. The number of rotatable bonds is 8. The van der Waals surface area contributed by atoms with Crippen LogP contribution in [0.1, 0.15) is 26.2 Å². The number of carbonyl (C=O) groups excluding carboxylic acids is 2. The molecule has 0 saturated carbocycles. The van der Waals surface area contributed by atoms with E-state index in [0.717, 1.165) is 5.06 Å². The van der Waals surface area contributed by atoms with Crippen molar-refractivity contribution >= 4 is 17.9 Å². The molecule has 2 N–H and O–H groups in total. The number of ether oxygens (including phenoxy) is 1. The second-order valence-electron chi connectivity index (χ2n) is 4.19. The molecule has 0 heterocycles. The number of carboxylic acid groups (broad SMARTS) is 1. The first kappa shape index (κ1) is 17.3. The van der Waals surface area contributed by atoms with Crippen LogP contribution in [0.4, 0.5) is 0 Å². The Kier molecular flexibility index (Phi) is 7.02. The van der Waals surface area contributed by atoms with Gasteiger partial charge in [-0.1, -0.05) is 6.92 Å². The minimum absolute atomic E-state index is 0.130. The van der Waals surface area contributed by atoms with Gasteiger partial charge < -0.3 is 19.8 Å². The van der Waals surface area contributed by atoms with Crippen LogP contribution in [-0.2, 0) is 24.0 Å². The molecule has 0 rings (SSSR count). The van der Waals surface area contributed by atoms with Gasteiger partial charge in [0.25, 0.3) is 0 Å². The van der Waals surface area contributed by atoms with E-state index in [9.17, 15) is 19.5 Å². The van der Waals surface area contributed by atoms with Crippen LogP contribution in [0.15, 0.2) is 0 Å². The van der Waals surface area contributed by atoms with Crippen LogP contribution in [0.5, 0.6) is 0 Å². The standard InChI is InChI=1S/C11H19NO7/c1-4-5-18-9(15)7-11(17,6-8(13)14)10(16)19-12(2)3/h17H,4-7H2,1-3H3,(H,13,14). The zero-order valence-corrected chi connectivity index (χ0v) is 11.2. The molecule has 0 aromatic rings. The summed E-state index contributed by atoms with van der Waals surface area (Å²) < 4.78 is 4.71. The number of nitrogens with zero attached hydrogens (tertiary/aromatic N) is 1. The Bertz CT molecular complexity index is 342. The first-order chi connectivity index (χ1) is 8.71. The zero-order chi connectivity index (χ0) is 15.1. The number of carbonyl (C=O) groups is 3. The summed E-state index contributed by atoms with van der Waals surface area (Å²) in [6, 6.07) is 0. The van der Waals surface area contributed by atoms with Crippen molar-refractivity contribution in [2.45, 2.75) is 31.8 Å². The predicted octanol–water partition coefficient (Wildman–Crippen LogP) is -0.445. The van der Waals surface area contributed by atoms with Gasteiger partial charge in [-0.2, -0.15) is 0 Å². The van der Waals surface area contributed by atoms with Crippen LogP contribution in [0.3, 0.4) is 0 Å². The van der Waals surface area contributed by atoms with Gasteiger partial charge in [0.1, 0.15) is 0 Å². The smallest absolute Gasteiger partial charge is 0.358 e. The Morgan fingerprint density at radius 2 is 1.79 bits per heavy atom. The largest absolute Gasteiger partial charge is 0.481 e. The Hall–Kier alpha value is -1.67. The number of hydroxylamine groups is 2. The fourth-order valence-electron chi connectivity index (χ4n) is 1.21. The number of hydrogen-bond acceptors (Lipinski definition) is 7. The van der Waals surface area contributed by atoms with E-state index in [1.807, 2.05) is 0 Å². The zero-order valence-electron chi connectivity index (χ0n) is 11.2. The Labute approximate surface area is 110 Å². The highest BCUT2D eigenvalue weighted by Gasteiger charge is 2.43. The first-order valence-corrected chi connectivity index (χ1v) is 5.70. The first-order valence-electron chi connectivity index (χ1n) is 5.70. The summed E-state index contributed by atoms with van der Waals surface area (Å²) in [5.74, 6) is -3.50. The summed E-state index contributed by atoms with van der Waals surface area (Å²) in [6.45, 7) is 1.90. The van der Waals surface area contributed by atoms with E-state index in [1.54, 1.807) is 6.92 Å². The van der Waals surface area contributed by atoms with Gasteiger partial charge in [-0.15, -0.1) is 5.06 Å². The highest BCUT2D eigenvalue weighted by atomic mass is 16.7. The van der Waals surface area contributed by atoms with Crippen LogP contribution in [0, 0.1) is 0 Å². The van der Waals surface area contributed by atoms with Crippen LogP contribution in [0.2, 0.25) is 0 Å². The van der Waals surface area contributed by atoms with E-state index in [2.05, 4.69) is 4.84 Å². The van der Waals surface area contributed by atoms with E-state index < -0.39 is 36.4 Å². The van der Waals surface area contributed by atoms with Crippen molar-refractivity contribution in [3.05, 3.63) is 0 Å². The monoisotopic (exact) mass is 277 g/mol. The fourth-order valence-corrected chi connectivity index (χ4v) is 1.21.